The minimum atomic E-state index is -5.18. The van der Waals surface area contributed by atoms with Gasteiger partial charge in [-0.25, -0.2) is 17.6 Å². The lowest BCUT2D eigenvalue weighted by molar-refractivity contribution is -0.277. The highest BCUT2D eigenvalue weighted by atomic mass is 19.4. The maximum absolute atomic E-state index is 14.1. The molecule has 0 aliphatic carbocycles. The Morgan fingerprint density at radius 2 is 0.592 bits per heavy atom. The van der Waals surface area contributed by atoms with Crippen molar-refractivity contribution in [2.75, 3.05) is 0 Å². The first-order valence-corrected chi connectivity index (χ1v) is 23.7. The molecule has 0 radical (unpaired) electrons. The first-order valence-electron chi connectivity index (χ1n) is 23.7. The zero-order chi connectivity index (χ0) is 50.7. The summed E-state index contributed by atoms with van der Waals surface area (Å²) in [5.41, 5.74) is 7.66. The third kappa shape index (κ3) is 14.4. The summed E-state index contributed by atoms with van der Waals surface area (Å²) in [4.78, 5) is 0. The molecule has 8 rings (SSSR count). The van der Waals surface area contributed by atoms with Crippen molar-refractivity contribution in [3.63, 3.8) is 0 Å². The molecule has 0 unspecified atom stereocenters. The van der Waals surface area contributed by atoms with Crippen LogP contribution in [-0.2, 0) is 12.8 Å². The lowest BCUT2D eigenvalue weighted by Crippen LogP contribution is -2.19. The molecule has 71 heavy (non-hydrogen) atoms. The van der Waals surface area contributed by atoms with E-state index in [1.807, 2.05) is 36.4 Å². The number of hydrogen-bond acceptors (Lipinski definition) is 2. The van der Waals surface area contributed by atoms with Crippen LogP contribution in [0.25, 0.3) is 66.1 Å². The van der Waals surface area contributed by atoms with Crippen molar-refractivity contribution in [1.29, 1.82) is 0 Å². The van der Waals surface area contributed by atoms with E-state index in [4.69, 9.17) is 0 Å². The van der Waals surface area contributed by atoms with Gasteiger partial charge in [-0.1, -0.05) is 168 Å². The number of ether oxygens (including phenoxy) is 2. The smallest absolute Gasteiger partial charge is 0.399 e. The third-order valence-corrected chi connectivity index (χ3v) is 12.2. The first-order chi connectivity index (χ1) is 34.0. The summed E-state index contributed by atoms with van der Waals surface area (Å²) in [7, 11) is 0. The topological polar surface area (TPSA) is 18.5 Å². The average molecular weight is 983 g/mol. The predicted molar refractivity (Wildman–Crippen MR) is 263 cm³/mol. The van der Waals surface area contributed by atoms with E-state index in [0.29, 0.717) is 11.1 Å². The number of halogens is 10. The highest BCUT2D eigenvalue weighted by Gasteiger charge is 2.35. The van der Waals surface area contributed by atoms with Gasteiger partial charge in [0.05, 0.1) is 0 Å². The fourth-order valence-corrected chi connectivity index (χ4v) is 8.54. The number of unbranched alkanes of at least 4 members (excludes halogenated alkanes) is 7. The molecule has 0 fully saturated rings. The van der Waals surface area contributed by atoms with E-state index in [1.165, 1.54) is 79.7 Å². The van der Waals surface area contributed by atoms with E-state index in [9.17, 15) is 43.9 Å². The lowest BCUT2D eigenvalue weighted by atomic mass is 9.96. The van der Waals surface area contributed by atoms with Crippen LogP contribution in [0.1, 0.15) is 82.8 Å². The van der Waals surface area contributed by atoms with Crippen LogP contribution in [0, 0.1) is 23.3 Å². The summed E-state index contributed by atoms with van der Waals surface area (Å²) in [6, 6.07) is 42.8. The summed E-state index contributed by atoms with van der Waals surface area (Å²) in [6.45, 7) is 4.42. The van der Waals surface area contributed by atoms with Gasteiger partial charge in [0, 0.05) is 0 Å². The van der Waals surface area contributed by atoms with Crippen molar-refractivity contribution in [3.05, 3.63) is 180 Å². The Labute approximate surface area is 406 Å². The van der Waals surface area contributed by atoms with Gasteiger partial charge in [-0.3, -0.25) is 0 Å². The van der Waals surface area contributed by atoms with Gasteiger partial charge in [-0.2, -0.15) is 0 Å². The van der Waals surface area contributed by atoms with Crippen LogP contribution in [0.3, 0.4) is 0 Å². The molecule has 8 aromatic rings. The molecule has 0 bridgehead atoms. The van der Waals surface area contributed by atoms with Gasteiger partial charge in [-0.05, 0) is 139 Å². The van der Waals surface area contributed by atoms with Gasteiger partial charge in [0.2, 0.25) is 11.5 Å². The molecule has 0 saturated heterocycles. The van der Waals surface area contributed by atoms with Crippen LogP contribution in [0.4, 0.5) is 43.9 Å². The van der Waals surface area contributed by atoms with E-state index in [2.05, 4.69) is 84.0 Å². The van der Waals surface area contributed by atoms with Crippen molar-refractivity contribution in [3.8, 4) is 56.0 Å². The molecule has 0 amide bonds. The Morgan fingerprint density at radius 1 is 0.310 bits per heavy atom. The molecule has 0 N–H and O–H groups in total. The number of hydrogen-bond donors (Lipinski definition) is 0. The summed E-state index contributed by atoms with van der Waals surface area (Å²) >= 11 is 0. The predicted octanol–water partition coefficient (Wildman–Crippen LogP) is 19.3. The average Bonchev–Trinajstić information content (AvgIpc) is 3.34. The first kappa shape index (κ1) is 52.0. The van der Waals surface area contributed by atoms with Crippen molar-refractivity contribution in [2.24, 2.45) is 0 Å². The van der Waals surface area contributed by atoms with Gasteiger partial charge in [-0.15, -0.1) is 26.3 Å². The molecule has 0 heterocycles. The Hall–Kier alpha value is -6.82. The largest absolute Gasteiger partial charge is 0.573 e. The molecule has 12 heteroatoms. The summed E-state index contributed by atoms with van der Waals surface area (Å²) in [6.07, 6.45) is 2.98. The van der Waals surface area contributed by atoms with Crippen molar-refractivity contribution in [1.82, 2.24) is 0 Å². The SMILES string of the molecule is CCCCCCCc1ccc2cc(-c3ccc(-c4cc(F)c(OC(F)(F)F)c(F)c4)cc3)ccc2c1.CCCCCCc1ccc2cc(-c3ccc(-c4cc(F)c(OC(F)(F)F)c(F)c4)cc3)ccc2c1. The Kier molecular flexibility index (Phi) is 17.1. The Balaban J connectivity index is 0.000000209. The van der Waals surface area contributed by atoms with Gasteiger partial charge in [0.15, 0.2) is 23.3 Å². The summed E-state index contributed by atoms with van der Waals surface area (Å²) in [5, 5.41) is 4.59. The molecule has 0 aromatic heterocycles. The summed E-state index contributed by atoms with van der Waals surface area (Å²) in [5.74, 6) is -8.58. The zero-order valence-corrected chi connectivity index (χ0v) is 39.2. The van der Waals surface area contributed by atoms with Crippen molar-refractivity contribution in [2.45, 2.75) is 97.2 Å². The number of rotatable bonds is 17. The molecule has 8 aromatic carbocycles. The maximum Gasteiger partial charge on any atom is 0.573 e. The van der Waals surface area contributed by atoms with Crippen LogP contribution in [0.2, 0.25) is 0 Å². The summed E-state index contributed by atoms with van der Waals surface area (Å²) < 4.78 is 138. The normalized spacial score (nSPS) is 11.7. The number of benzene rings is 8. The highest BCUT2D eigenvalue weighted by Crippen LogP contribution is 2.36. The van der Waals surface area contributed by atoms with Crippen LogP contribution in [-0.4, -0.2) is 12.7 Å². The molecule has 0 aliphatic heterocycles. The molecule has 0 atom stereocenters. The molecule has 370 valence electrons. The van der Waals surface area contributed by atoms with E-state index >= 15 is 0 Å². The second-order valence-electron chi connectivity index (χ2n) is 17.6. The fourth-order valence-electron chi connectivity index (χ4n) is 8.54. The van der Waals surface area contributed by atoms with E-state index in [0.717, 1.165) is 70.1 Å². The monoisotopic (exact) mass is 982 g/mol. The molecule has 2 nitrogen and oxygen atoms in total. The van der Waals surface area contributed by atoms with Crippen LogP contribution >= 0.6 is 0 Å². The van der Waals surface area contributed by atoms with Crippen molar-refractivity contribution < 1.29 is 53.4 Å². The van der Waals surface area contributed by atoms with Gasteiger partial charge >= 0.3 is 12.7 Å². The molecular formula is C59H52F10O2. The fraction of sp³-hybridized carbons (Fsp3) is 0.254. The quantitative estimate of drug-likeness (QED) is 0.0669. The molecule has 0 spiro atoms. The number of alkyl halides is 6. The number of fused-ring (bicyclic) bond motifs is 2. The van der Waals surface area contributed by atoms with Gasteiger partial charge in [0.25, 0.3) is 0 Å². The second kappa shape index (κ2) is 23.4. The van der Waals surface area contributed by atoms with Gasteiger partial charge < -0.3 is 9.47 Å². The van der Waals surface area contributed by atoms with E-state index in [-0.39, 0.29) is 11.1 Å². The molecular weight excluding hydrogens is 931 g/mol. The number of aryl methyl sites for hydroxylation is 2. The van der Waals surface area contributed by atoms with E-state index < -0.39 is 47.5 Å². The minimum absolute atomic E-state index is 0.117. The second-order valence-corrected chi connectivity index (χ2v) is 17.6. The van der Waals surface area contributed by atoms with Crippen LogP contribution in [0.15, 0.2) is 146 Å². The van der Waals surface area contributed by atoms with Crippen LogP contribution < -0.4 is 9.47 Å². The Morgan fingerprint density at radius 3 is 0.930 bits per heavy atom. The lowest BCUT2D eigenvalue weighted by Gasteiger charge is -2.12. The molecule has 0 saturated carbocycles. The molecule has 0 aliphatic rings. The van der Waals surface area contributed by atoms with Crippen molar-refractivity contribution >= 4 is 21.5 Å². The standard InChI is InChI=1S/C30H27F5O.C29H25F5O/c1-2-3-4-5-6-7-20-8-9-25-17-24(15-14-23(25)16-20)21-10-12-22(13-11-21)26-18-27(31)29(28(32)19-26)36-30(33,34)35;1-2-3-4-5-6-19-7-8-24-16-23(14-13-22(24)15-19)20-9-11-21(12-10-20)25-17-26(30)28(27(31)18-25)35-29(32,33)34/h8-19H,2-7H2,1H3;7-18H,2-6H2,1H3. The highest BCUT2D eigenvalue weighted by molar-refractivity contribution is 5.89. The van der Waals surface area contributed by atoms with E-state index in [1.54, 1.807) is 24.3 Å². The Bertz CT molecular complexity index is 3000. The van der Waals surface area contributed by atoms with Crippen LogP contribution in [0.5, 0.6) is 11.5 Å². The minimum Gasteiger partial charge on any atom is -0.399 e. The third-order valence-electron chi connectivity index (χ3n) is 12.2. The van der Waals surface area contributed by atoms with Gasteiger partial charge in [0.1, 0.15) is 0 Å². The maximum atomic E-state index is 14.1. The zero-order valence-electron chi connectivity index (χ0n) is 39.2.